The lowest BCUT2D eigenvalue weighted by atomic mass is 10.1. The summed E-state index contributed by atoms with van der Waals surface area (Å²) in [6, 6.07) is 13.3. The SMILES string of the molecule is Cc1ccc(NC(=O)c2cccc(C(=O)O)c2)cc1. The summed E-state index contributed by atoms with van der Waals surface area (Å²) in [5.74, 6) is -1.38. The number of aromatic carboxylic acids is 1. The van der Waals surface area contributed by atoms with Gasteiger partial charge in [0, 0.05) is 11.3 Å². The lowest BCUT2D eigenvalue weighted by Gasteiger charge is -2.06. The van der Waals surface area contributed by atoms with Crippen molar-refractivity contribution in [2.75, 3.05) is 5.32 Å². The molecule has 0 aromatic heterocycles. The van der Waals surface area contributed by atoms with E-state index in [4.69, 9.17) is 5.11 Å². The number of rotatable bonds is 3. The van der Waals surface area contributed by atoms with E-state index in [-0.39, 0.29) is 11.5 Å². The van der Waals surface area contributed by atoms with Crippen LogP contribution in [0.15, 0.2) is 48.5 Å². The molecule has 96 valence electrons. The van der Waals surface area contributed by atoms with E-state index in [1.54, 1.807) is 24.3 Å². The fourth-order valence-electron chi connectivity index (χ4n) is 1.63. The number of hydrogen-bond acceptors (Lipinski definition) is 2. The Morgan fingerprint density at radius 1 is 1.00 bits per heavy atom. The lowest BCUT2D eigenvalue weighted by molar-refractivity contribution is 0.0697. The molecule has 2 aromatic rings. The first-order valence-electron chi connectivity index (χ1n) is 5.77. The Kier molecular flexibility index (Phi) is 3.61. The monoisotopic (exact) mass is 255 g/mol. The van der Waals surface area contributed by atoms with Gasteiger partial charge < -0.3 is 10.4 Å². The minimum absolute atomic E-state index is 0.0940. The van der Waals surface area contributed by atoms with Gasteiger partial charge in [0.25, 0.3) is 5.91 Å². The lowest BCUT2D eigenvalue weighted by Crippen LogP contribution is -2.12. The van der Waals surface area contributed by atoms with Crippen LogP contribution in [-0.4, -0.2) is 17.0 Å². The highest BCUT2D eigenvalue weighted by Crippen LogP contribution is 2.12. The average molecular weight is 255 g/mol. The second kappa shape index (κ2) is 5.35. The van der Waals surface area contributed by atoms with Gasteiger partial charge in [-0.1, -0.05) is 23.8 Å². The van der Waals surface area contributed by atoms with Crippen molar-refractivity contribution in [2.45, 2.75) is 6.92 Å². The summed E-state index contributed by atoms with van der Waals surface area (Å²) >= 11 is 0. The Morgan fingerprint density at radius 3 is 2.26 bits per heavy atom. The van der Waals surface area contributed by atoms with Crippen molar-refractivity contribution in [3.63, 3.8) is 0 Å². The van der Waals surface area contributed by atoms with E-state index in [1.807, 2.05) is 19.1 Å². The number of anilines is 1. The summed E-state index contributed by atoms with van der Waals surface area (Å²) in [5.41, 5.74) is 2.19. The van der Waals surface area contributed by atoms with Crippen molar-refractivity contribution >= 4 is 17.6 Å². The van der Waals surface area contributed by atoms with Crippen LogP contribution in [-0.2, 0) is 0 Å². The maximum Gasteiger partial charge on any atom is 0.335 e. The average Bonchev–Trinajstić information content (AvgIpc) is 2.41. The summed E-state index contributed by atoms with van der Waals surface area (Å²) < 4.78 is 0. The van der Waals surface area contributed by atoms with Gasteiger partial charge in [-0.15, -0.1) is 0 Å². The fourth-order valence-corrected chi connectivity index (χ4v) is 1.63. The molecule has 0 aliphatic rings. The number of carbonyl (C=O) groups is 2. The van der Waals surface area contributed by atoms with Crippen LogP contribution in [0.25, 0.3) is 0 Å². The molecular weight excluding hydrogens is 242 g/mol. The molecule has 4 nitrogen and oxygen atoms in total. The van der Waals surface area contributed by atoms with Gasteiger partial charge in [-0.05, 0) is 37.3 Å². The van der Waals surface area contributed by atoms with Crippen LogP contribution in [0.1, 0.15) is 26.3 Å². The summed E-state index contributed by atoms with van der Waals surface area (Å²) in [7, 11) is 0. The number of amides is 1. The largest absolute Gasteiger partial charge is 0.478 e. The minimum Gasteiger partial charge on any atom is -0.478 e. The van der Waals surface area contributed by atoms with Crippen molar-refractivity contribution in [1.82, 2.24) is 0 Å². The standard InChI is InChI=1S/C15H13NO3/c1-10-5-7-13(8-6-10)16-14(17)11-3-2-4-12(9-11)15(18)19/h2-9H,1H3,(H,16,17)(H,18,19). The molecule has 4 heteroatoms. The van der Waals surface area contributed by atoms with Gasteiger partial charge in [-0.3, -0.25) is 4.79 Å². The third-order valence-electron chi connectivity index (χ3n) is 2.68. The molecule has 0 heterocycles. The van der Waals surface area contributed by atoms with E-state index in [0.717, 1.165) is 5.56 Å². The number of nitrogens with one attached hydrogen (secondary N) is 1. The predicted molar refractivity (Wildman–Crippen MR) is 72.5 cm³/mol. The molecule has 0 aliphatic heterocycles. The maximum atomic E-state index is 12.0. The van der Waals surface area contributed by atoms with Gasteiger partial charge in [0.15, 0.2) is 0 Å². The molecule has 0 radical (unpaired) electrons. The summed E-state index contributed by atoms with van der Waals surface area (Å²) in [4.78, 5) is 22.8. The van der Waals surface area contributed by atoms with E-state index >= 15 is 0 Å². The quantitative estimate of drug-likeness (QED) is 0.886. The van der Waals surface area contributed by atoms with E-state index in [9.17, 15) is 9.59 Å². The van der Waals surface area contributed by atoms with Crippen molar-refractivity contribution in [1.29, 1.82) is 0 Å². The molecule has 0 saturated carbocycles. The van der Waals surface area contributed by atoms with Crippen LogP contribution in [0.2, 0.25) is 0 Å². The molecule has 0 bridgehead atoms. The van der Waals surface area contributed by atoms with Crippen molar-refractivity contribution < 1.29 is 14.7 Å². The molecule has 1 amide bonds. The topological polar surface area (TPSA) is 66.4 Å². The molecule has 0 aliphatic carbocycles. The fraction of sp³-hybridized carbons (Fsp3) is 0.0667. The first-order chi connectivity index (χ1) is 9.06. The summed E-state index contributed by atoms with van der Waals surface area (Å²) in [6.45, 7) is 1.96. The van der Waals surface area contributed by atoms with Crippen LogP contribution in [0.3, 0.4) is 0 Å². The van der Waals surface area contributed by atoms with Crippen molar-refractivity contribution in [3.05, 3.63) is 65.2 Å². The van der Waals surface area contributed by atoms with E-state index in [2.05, 4.69) is 5.32 Å². The number of hydrogen-bond donors (Lipinski definition) is 2. The Bertz CT molecular complexity index is 618. The molecule has 0 atom stereocenters. The van der Waals surface area contributed by atoms with E-state index in [0.29, 0.717) is 11.3 Å². The van der Waals surface area contributed by atoms with Crippen molar-refractivity contribution in [2.24, 2.45) is 0 Å². The highest BCUT2D eigenvalue weighted by atomic mass is 16.4. The normalized spacial score (nSPS) is 9.95. The Balaban J connectivity index is 2.18. The van der Waals surface area contributed by atoms with Crippen LogP contribution in [0, 0.1) is 6.92 Å². The molecule has 0 spiro atoms. The number of carboxylic acids is 1. The maximum absolute atomic E-state index is 12.0. The molecule has 0 unspecified atom stereocenters. The zero-order chi connectivity index (χ0) is 13.8. The Morgan fingerprint density at radius 2 is 1.63 bits per heavy atom. The third-order valence-corrected chi connectivity index (χ3v) is 2.68. The van der Waals surface area contributed by atoms with Gasteiger partial charge in [0.05, 0.1) is 5.56 Å². The molecule has 0 fully saturated rings. The second-order valence-electron chi connectivity index (χ2n) is 4.21. The van der Waals surface area contributed by atoms with Crippen molar-refractivity contribution in [3.8, 4) is 0 Å². The van der Waals surface area contributed by atoms with Gasteiger partial charge in [-0.25, -0.2) is 4.79 Å². The molecule has 0 saturated heterocycles. The third kappa shape index (κ3) is 3.19. The van der Waals surface area contributed by atoms with Crippen LogP contribution < -0.4 is 5.32 Å². The van der Waals surface area contributed by atoms with E-state index in [1.165, 1.54) is 12.1 Å². The highest BCUT2D eigenvalue weighted by molar-refractivity contribution is 6.05. The molecule has 2 rings (SSSR count). The Labute approximate surface area is 110 Å². The van der Waals surface area contributed by atoms with Crippen LogP contribution in [0.5, 0.6) is 0 Å². The van der Waals surface area contributed by atoms with Crippen LogP contribution in [0.4, 0.5) is 5.69 Å². The number of aryl methyl sites for hydroxylation is 1. The smallest absolute Gasteiger partial charge is 0.335 e. The molecule has 19 heavy (non-hydrogen) atoms. The molecular formula is C15H13NO3. The van der Waals surface area contributed by atoms with Gasteiger partial charge >= 0.3 is 5.97 Å². The zero-order valence-corrected chi connectivity index (χ0v) is 10.4. The van der Waals surface area contributed by atoms with Gasteiger partial charge in [0.1, 0.15) is 0 Å². The van der Waals surface area contributed by atoms with E-state index < -0.39 is 5.97 Å². The predicted octanol–water partition coefficient (Wildman–Crippen LogP) is 2.95. The Hall–Kier alpha value is -2.62. The van der Waals surface area contributed by atoms with Gasteiger partial charge in [-0.2, -0.15) is 0 Å². The first-order valence-corrected chi connectivity index (χ1v) is 5.77. The number of carboxylic acid groups (broad SMARTS) is 1. The summed E-state index contributed by atoms with van der Waals surface area (Å²) in [5, 5.41) is 11.6. The first kappa shape index (κ1) is 12.8. The number of carbonyl (C=O) groups excluding carboxylic acids is 1. The minimum atomic E-state index is -1.05. The molecule has 2 aromatic carbocycles. The van der Waals surface area contributed by atoms with Crippen LogP contribution >= 0.6 is 0 Å². The summed E-state index contributed by atoms with van der Waals surface area (Å²) in [6.07, 6.45) is 0. The van der Waals surface area contributed by atoms with Gasteiger partial charge in [0.2, 0.25) is 0 Å². The number of benzene rings is 2. The zero-order valence-electron chi connectivity index (χ0n) is 10.4. The highest BCUT2D eigenvalue weighted by Gasteiger charge is 2.09. The molecule has 2 N–H and O–H groups in total. The second-order valence-corrected chi connectivity index (χ2v) is 4.21.